The summed E-state index contributed by atoms with van der Waals surface area (Å²) in [5.41, 5.74) is 2.14. The molecule has 0 bridgehead atoms. The summed E-state index contributed by atoms with van der Waals surface area (Å²) >= 11 is 1.49. The van der Waals surface area contributed by atoms with E-state index in [1.807, 2.05) is 42.5 Å². The van der Waals surface area contributed by atoms with Gasteiger partial charge in [-0.25, -0.2) is 15.0 Å². The summed E-state index contributed by atoms with van der Waals surface area (Å²) in [6.07, 6.45) is 1.54. The predicted molar refractivity (Wildman–Crippen MR) is 116 cm³/mol. The van der Waals surface area contributed by atoms with Crippen molar-refractivity contribution in [3.8, 4) is 5.75 Å². The van der Waals surface area contributed by atoms with Gasteiger partial charge in [0.05, 0.1) is 28.6 Å². The molecule has 0 N–H and O–H groups in total. The van der Waals surface area contributed by atoms with Crippen LogP contribution in [0.3, 0.4) is 0 Å². The van der Waals surface area contributed by atoms with Crippen molar-refractivity contribution >= 4 is 50.2 Å². The second-order valence-electron chi connectivity index (χ2n) is 6.58. The largest absolute Gasteiger partial charge is 0.497 e. The minimum absolute atomic E-state index is 0.00583. The zero-order valence-electron chi connectivity index (χ0n) is 15.8. The first kappa shape index (κ1) is 18.3. The highest BCUT2D eigenvalue weighted by atomic mass is 32.2. The zero-order chi connectivity index (χ0) is 20.7. The molecule has 5 rings (SSSR count). The number of ether oxygens (including phenoxy) is 1. The number of non-ortho nitro benzene ring substituents is 1. The van der Waals surface area contributed by atoms with Gasteiger partial charge in [-0.15, -0.1) is 0 Å². The fourth-order valence-corrected chi connectivity index (χ4v) is 4.51. The van der Waals surface area contributed by atoms with Crippen LogP contribution in [0.25, 0.3) is 32.7 Å². The van der Waals surface area contributed by atoms with E-state index < -0.39 is 4.92 Å². The van der Waals surface area contributed by atoms with Gasteiger partial charge in [0, 0.05) is 33.2 Å². The highest BCUT2D eigenvalue weighted by Gasteiger charge is 2.16. The van der Waals surface area contributed by atoms with Crippen molar-refractivity contribution in [1.82, 2.24) is 15.0 Å². The van der Waals surface area contributed by atoms with Crippen LogP contribution in [0, 0.1) is 10.1 Å². The van der Waals surface area contributed by atoms with E-state index in [9.17, 15) is 10.1 Å². The fourth-order valence-electron chi connectivity index (χ4n) is 3.38. The number of benzene rings is 3. The minimum atomic E-state index is -0.413. The summed E-state index contributed by atoms with van der Waals surface area (Å²) in [6.45, 7) is 0. The summed E-state index contributed by atoms with van der Waals surface area (Å²) in [5, 5.41) is 14.7. The third kappa shape index (κ3) is 3.07. The van der Waals surface area contributed by atoms with Gasteiger partial charge in [-0.1, -0.05) is 30.0 Å². The van der Waals surface area contributed by atoms with Gasteiger partial charge >= 0.3 is 0 Å². The molecular formula is C22H14N4O3S. The molecule has 5 aromatic rings. The van der Waals surface area contributed by atoms with E-state index in [4.69, 9.17) is 4.74 Å². The smallest absolute Gasteiger partial charge is 0.271 e. The molecule has 0 saturated heterocycles. The molecule has 8 heteroatoms. The SMILES string of the molecule is COc1ccc2nc3cc([N+](=O)[O-])ccc3c(Sc3ncnc4ccccc34)c2c1. The van der Waals surface area contributed by atoms with Crippen molar-refractivity contribution in [2.45, 2.75) is 9.92 Å². The number of pyridine rings is 1. The third-order valence-corrected chi connectivity index (χ3v) is 5.99. The lowest BCUT2D eigenvalue weighted by atomic mass is 10.1. The van der Waals surface area contributed by atoms with E-state index >= 15 is 0 Å². The summed E-state index contributed by atoms with van der Waals surface area (Å²) < 4.78 is 5.41. The van der Waals surface area contributed by atoms with E-state index in [-0.39, 0.29) is 5.69 Å². The zero-order valence-corrected chi connectivity index (χ0v) is 16.6. The summed E-state index contributed by atoms with van der Waals surface area (Å²) in [6, 6.07) is 18.2. The molecule has 0 unspecified atom stereocenters. The summed E-state index contributed by atoms with van der Waals surface area (Å²) in [5.74, 6) is 0.708. The summed E-state index contributed by atoms with van der Waals surface area (Å²) in [4.78, 5) is 25.2. The lowest BCUT2D eigenvalue weighted by Crippen LogP contribution is -1.93. The maximum Gasteiger partial charge on any atom is 0.271 e. The maximum absolute atomic E-state index is 11.3. The average Bonchev–Trinajstić information content (AvgIpc) is 2.78. The molecule has 3 aromatic carbocycles. The van der Waals surface area contributed by atoms with Gasteiger partial charge in [-0.2, -0.15) is 0 Å². The second-order valence-corrected chi connectivity index (χ2v) is 7.58. The predicted octanol–water partition coefficient (Wildman–Crippen LogP) is 5.40. The van der Waals surface area contributed by atoms with E-state index in [1.165, 1.54) is 23.9 Å². The van der Waals surface area contributed by atoms with Crippen LogP contribution < -0.4 is 4.74 Å². The van der Waals surface area contributed by atoms with Crippen molar-refractivity contribution in [2.24, 2.45) is 0 Å². The van der Waals surface area contributed by atoms with Crippen molar-refractivity contribution < 1.29 is 9.66 Å². The standard InChI is InChI=1S/C22H14N4O3S/c1-29-14-7-9-19-17(11-14)21(15-8-6-13(26(27)28)10-20(15)25-19)30-22-16-4-2-3-5-18(16)23-12-24-22/h2-12H,1H3. The maximum atomic E-state index is 11.3. The van der Waals surface area contributed by atoms with Crippen molar-refractivity contribution in [1.29, 1.82) is 0 Å². The Hall–Kier alpha value is -3.78. The van der Waals surface area contributed by atoms with Crippen LogP contribution in [0.1, 0.15) is 0 Å². The normalized spacial score (nSPS) is 11.2. The lowest BCUT2D eigenvalue weighted by Gasteiger charge is -2.12. The number of nitro benzene ring substituents is 1. The molecule has 0 aliphatic carbocycles. The number of nitro groups is 1. The van der Waals surface area contributed by atoms with Gasteiger partial charge < -0.3 is 4.74 Å². The highest BCUT2D eigenvalue weighted by Crippen LogP contribution is 2.41. The van der Waals surface area contributed by atoms with Crippen LogP contribution in [-0.4, -0.2) is 27.0 Å². The highest BCUT2D eigenvalue weighted by molar-refractivity contribution is 8.00. The molecule has 146 valence electrons. The Morgan fingerprint density at radius 1 is 0.900 bits per heavy atom. The van der Waals surface area contributed by atoms with E-state index in [1.54, 1.807) is 19.5 Å². The lowest BCUT2D eigenvalue weighted by molar-refractivity contribution is -0.384. The molecule has 0 aliphatic rings. The van der Waals surface area contributed by atoms with Gasteiger partial charge in [-0.05, 0) is 30.3 Å². The number of hydrogen-bond donors (Lipinski definition) is 0. The molecule has 2 heterocycles. The van der Waals surface area contributed by atoms with Crippen LogP contribution >= 0.6 is 11.8 Å². The van der Waals surface area contributed by atoms with Crippen LogP contribution in [0.2, 0.25) is 0 Å². The van der Waals surface area contributed by atoms with Crippen LogP contribution in [0.4, 0.5) is 5.69 Å². The van der Waals surface area contributed by atoms with E-state index in [0.717, 1.165) is 37.1 Å². The third-order valence-electron chi connectivity index (χ3n) is 4.83. The molecule has 0 saturated carbocycles. The Kier molecular flexibility index (Phi) is 4.40. The van der Waals surface area contributed by atoms with Gasteiger partial charge in [0.25, 0.3) is 5.69 Å². The molecular weight excluding hydrogens is 400 g/mol. The first-order chi connectivity index (χ1) is 14.6. The molecule has 30 heavy (non-hydrogen) atoms. The molecule has 0 radical (unpaired) electrons. The fraction of sp³-hybridized carbons (Fsp3) is 0.0455. The molecule has 0 spiro atoms. The van der Waals surface area contributed by atoms with E-state index in [0.29, 0.717) is 11.3 Å². The Balaban J connectivity index is 1.81. The number of methoxy groups -OCH3 is 1. The Morgan fingerprint density at radius 2 is 1.77 bits per heavy atom. The summed E-state index contributed by atoms with van der Waals surface area (Å²) in [7, 11) is 1.61. The number of rotatable bonds is 4. The van der Waals surface area contributed by atoms with E-state index in [2.05, 4.69) is 15.0 Å². The molecule has 0 amide bonds. The van der Waals surface area contributed by atoms with Crippen molar-refractivity contribution in [3.63, 3.8) is 0 Å². The van der Waals surface area contributed by atoms with Gasteiger partial charge in [0.1, 0.15) is 17.1 Å². The van der Waals surface area contributed by atoms with Crippen LogP contribution in [-0.2, 0) is 0 Å². The molecule has 0 fully saturated rings. The Labute approximate surface area is 174 Å². The van der Waals surface area contributed by atoms with Gasteiger partial charge in [0.2, 0.25) is 0 Å². The molecule has 0 atom stereocenters. The first-order valence-electron chi connectivity index (χ1n) is 9.07. The van der Waals surface area contributed by atoms with Crippen molar-refractivity contribution in [3.05, 3.63) is 77.1 Å². The molecule has 2 aromatic heterocycles. The first-order valence-corrected chi connectivity index (χ1v) is 9.89. The Morgan fingerprint density at radius 3 is 2.60 bits per heavy atom. The average molecular weight is 414 g/mol. The number of para-hydroxylation sites is 1. The molecule has 7 nitrogen and oxygen atoms in total. The number of fused-ring (bicyclic) bond motifs is 3. The van der Waals surface area contributed by atoms with Crippen molar-refractivity contribution in [2.75, 3.05) is 7.11 Å². The number of nitrogens with zero attached hydrogens (tertiary/aromatic N) is 4. The van der Waals surface area contributed by atoms with Gasteiger partial charge in [-0.3, -0.25) is 10.1 Å². The Bertz CT molecular complexity index is 1450. The number of hydrogen-bond acceptors (Lipinski definition) is 7. The topological polar surface area (TPSA) is 91.0 Å². The monoisotopic (exact) mass is 414 g/mol. The molecule has 0 aliphatic heterocycles. The van der Waals surface area contributed by atoms with Crippen LogP contribution in [0.15, 0.2) is 76.9 Å². The quantitative estimate of drug-likeness (QED) is 0.168. The minimum Gasteiger partial charge on any atom is -0.497 e. The van der Waals surface area contributed by atoms with Gasteiger partial charge in [0.15, 0.2) is 0 Å². The van der Waals surface area contributed by atoms with Crippen LogP contribution in [0.5, 0.6) is 5.75 Å². The second kappa shape index (κ2) is 7.23. The number of aromatic nitrogens is 3.